The lowest BCUT2D eigenvalue weighted by molar-refractivity contribution is 0.250. The van der Waals surface area contributed by atoms with E-state index in [0.717, 1.165) is 12.3 Å². The fourth-order valence-electron chi connectivity index (χ4n) is 1.64. The summed E-state index contributed by atoms with van der Waals surface area (Å²) in [6.45, 7) is 11.9. The highest BCUT2D eigenvalue weighted by molar-refractivity contribution is 7.99. The molecule has 0 aromatic heterocycles. The van der Waals surface area contributed by atoms with E-state index >= 15 is 0 Å². The SMILES string of the molecule is Cc1cc(CNC(C)(C)C)ccc1SCC(C)CO. The average Bonchev–Trinajstić information content (AvgIpc) is 2.34. The Bertz CT molecular complexity index is 398. The standard InChI is InChI=1S/C16H27NOS/c1-12(10-18)11-19-15-7-6-14(8-13(15)2)9-17-16(3,4)5/h6-8,12,17-18H,9-11H2,1-5H3. The van der Waals surface area contributed by atoms with Crippen molar-refractivity contribution in [2.45, 2.75) is 51.6 Å². The van der Waals surface area contributed by atoms with Gasteiger partial charge in [-0.2, -0.15) is 0 Å². The van der Waals surface area contributed by atoms with Crippen LogP contribution in [0, 0.1) is 12.8 Å². The topological polar surface area (TPSA) is 32.3 Å². The first kappa shape index (κ1) is 16.5. The van der Waals surface area contributed by atoms with E-state index in [-0.39, 0.29) is 12.1 Å². The Kier molecular flexibility index (Phi) is 6.37. The first-order valence-corrected chi connectivity index (χ1v) is 7.88. The van der Waals surface area contributed by atoms with Crippen LogP contribution in [0.15, 0.2) is 23.1 Å². The van der Waals surface area contributed by atoms with E-state index in [9.17, 15) is 0 Å². The minimum absolute atomic E-state index is 0.151. The van der Waals surface area contributed by atoms with E-state index in [4.69, 9.17) is 5.11 Å². The summed E-state index contributed by atoms with van der Waals surface area (Å²) < 4.78 is 0. The van der Waals surface area contributed by atoms with Gasteiger partial charge in [0.2, 0.25) is 0 Å². The minimum atomic E-state index is 0.151. The molecule has 1 aromatic carbocycles. The van der Waals surface area contributed by atoms with Crippen molar-refractivity contribution in [3.8, 4) is 0 Å². The molecule has 108 valence electrons. The molecule has 1 aromatic rings. The summed E-state index contributed by atoms with van der Waals surface area (Å²) in [5, 5.41) is 12.6. The van der Waals surface area contributed by atoms with Crippen LogP contribution in [0.25, 0.3) is 0 Å². The summed E-state index contributed by atoms with van der Waals surface area (Å²) in [5.74, 6) is 1.32. The van der Waals surface area contributed by atoms with E-state index < -0.39 is 0 Å². The molecule has 1 unspecified atom stereocenters. The molecule has 1 rings (SSSR count). The predicted molar refractivity (Wildman–Crippen MR) is 84.7 cm³/mol. The quantitative estimate of drug-likeness (QED) is 0.781. The van der Waals surface area contributed by atoms with Gasteiger partial charge >= 0.3 is 0 Å². The van der Waals surface area contributed by atoms with E-state index in [1.807, 2.05) is 11.8 Å². The van der Waals surface area contributed by atoms with Crippen molar-refractivity contribution in [2.75, 3.05) is 12.4 Å². The Balaban J connectivity index is 2.59. The first-order chi connectivity index (χ1) is 8.81. The highest BCUT2D eigenvalue weighted by Gasteiger charge is 2.09. The third-order valence-corrected chi connectivity index (χ3v) is 4.40. The van der Waals surface area contributed by atoms with Crippen molar-refractivity contribution in [1.82, 2.24) is 5.32 Å². The summed E-state index contributed by atoms with van der Waals surface area (Å²) in [7, 11) is 0. The zero-order valence-electron chi connectivity index (χ0n) is 12.8. The second-order valence-electron chi connectivity index (χ2n) is 6.30. The zero-order valence-corrected chi connectivity index (χ0v) is 13.6. The van der Waals surface area contributed by atoms with Crippen LogP contribution in [0.5, 0.6) is 0 Å². The number of aliphatic hydroxyl groups is 1. The molecule has 0 bridgehead atoms. The molecule has 2 nitrogen and oxygen atoms in total. The van der Waals surface area contributed by atoms with Gasteiger partial charge in [-0.15, -0.1) is 11.8 Å². The maximum absolute atomic E-state index is 9.05. The van der Waals surface area contributed by atoms with Crippen LogP contribution < -0.4 is 5.32 Å². The normalized spacial score (nSPS) is 13.6. The smallest absolute Gasteiger partial charge is 0.0464 e. The number of benzene rings is 1. The first-order valence-electron chi connectivity index (χ1n) is 6.90. The van der Waals surface area contributed by atoms with Crippen LogP contribution in [0.1, 0.15) is 38.8 Å². The number of aliphatic hydroxyl groups excluding tert-OH is 1. The van der Waals surface area contributed by atoms with Gasteiger partial charge in [0.15, 0.2) is 0 Å². The van der Waals surface area contributed by atoms with Crippen molar-refractivity contribution in [3.05, 3.63) is 29.3 Å². The largest absolute Gasteiger partial charge is 0.396 e. The Hall–Kier alpha value is -0.510. The lowest BCUT2D eigenvalue weighted by Crippen LogP contribution is -2.35. The summed E-state index contributed by atoms with van der Waals surface area (Å²) >= 11 is 1.83. The van der Waals surface area contributed by atoms with E-state index in [1.54, 1.807) is 0 Å². The molecule has 0 aliphatic rings. The number of thioether (sulfide) groups is 1. The van der Waals surface area contributed by atoms with Gasteiger partial charge < -0.3 is 10.4 Å². The zero-order chi connectivity index (χ0) is 14.5. The van der Waals surface area contributed by atoms with Crippen molar-refractivity contribution in [3.63, 3.8) is 0 Å². The van der Waals surface area contributed by atoms with Gasteiger partial charge in [0.1, 0.15) is 0 Å². The molecule has 0 aliphatic carbocycles. The lowest BCUT2D eigenvalue weighted by Gasteiger charge is -2.21. The summed E-state index contributed by atoms with van der Waals surface area (Å²) in [5.41, 5.74) is 2.80. The maximum Gasteiger partial charge on any atom is 0.0464 e. The fraction of sp³-hybridized carbons (Fsp3) is 0.625. The van der Waals surface area contributed by atoms with Gasteiger partial charge in [-0.25, -0.2) is 0 Å². The molecule has 0 amide bonds. The van der Waals surface area contributed by atoms with E-state index in [0.29, 0.717) is 5.92 Å². The number of aryl methyl sites for hydroxylation is 1. The van der Waals surface area contributed by atoms with Crippen LogP contribution >= 0.6 is 11.8 Å². The highest BCUT2D eigenvalue weighted by atomic mass is 32.2. The molecule has 1 atom stereocenters. The van der Waals surface area contributed by atoms with Crippen molar-refractivity contribution >= 4 is 11.8 Å². The average molecular weight is 281 g/mol. The number of hydrogen-bond donors (Lipinski definition) is 2. The highest BCUT2D eigenvalue weighted by Crippen LogP contribution is 2.25. The van der Waals surface area contributed by atoms with Crippen LogP contribution in [0.3, 0.4) is 0 Å². The molecule has 0 aliphatic heterocycles. The van der Waals surface area contributed by atoms with Crippen LogP contribution in [-0.4, -0.2) is 23.0 Å². The lowest BCUT2D eigenvalue weighted by atomic mass is 10.1. The van der Waals surface area contributed by atoms with Crippen molar-refractivity contribution < 1.29 is 5.11 Å². The molecule has 0 heterocycles. The van der Waals surface area contributed by atoms with Crippen LogP contribution in [0.4, 0.5) is 0 Å². The number of rotatable bonds is 6. The molecule has 0 saturated heterocycles. The van der Waals surface area contributed by atoms with E-state index in [2.05, 4.69) is 58.1 Å². The molecule has 0 saturated carbocycles. The molecular formula is C16H27NOS. The molecule has 19 heavy (non-hydrogen) atoms. The van der Waals surface area contributed by atoms with Gasteiger partial charge in [-0.05, 0) is 50.8 Å². The van der Waals surface area contributed by atoms with Gasteiger partial charge in [-0.3, -0.25) is 0 Å². The Morgan fingerprint density at radius 1 is 1.32 bits per heavy atom. The second kappa shape index (κ2) is 7.32. The predicted octanol–water partition coefficient (Wildman–Crippen LogP) is 3.60. The van der Waals surface area contributed by atoms with Gasteiger partial charge in [0, 0.05) is 29.3 Å². The van der Waals surface area contributed by atoms with Gasteiger partial charge in [-0.1, -0.05) is 19.1 Å². The Morgan fingerprint density at radius 3 is 2.53 bits per heavy atom. The molecule has 0 fully saturated rings. The van der Waals surface area contributed by atoms with Gasteiger partial charge in [0.25, 0.3) is 0 Å². The Morgan fingerprint density at radius 2 is 2.00 bits per heavy atom. The van der Waals surface area contributed by atoms with Crippen LogP contribution in [-0.2, 0) is 6.54 Å². The van der Waals surface area contributed by atoms with Crippen LogP contribution in [0.2, 0.25) is 0 Å². The van der Waals surface area contributed by atoms with Crippen molar-refractivity contribution in [1.29, 1.82) is 0 Å². The van der Waals surface area contributed by atoms with Crippen molar-refractivity contribution in [2.24, 2.45) is 5.92 Å². The maximum atomic E-state index is 9.05. The number of nitrogens with one attached hydrogen (secondary N) is 1. The summed E-state index contributed by atoms with van der Waals surface area (Å²) in [4.78, 5) is 1.32. The molecule has 0 radical (unpaired) electrons. The summed E-state index contributed by atoms with van der Waals surface area (Å²) in [6.07, 6.45) is 0. The molecule has 3 heteroatoms. The second-order valence-corrected chi connectivity index (χ2v) is 7.36. The number of hydrogen-bond acceptors (Lipinski definition) is 3. The molecule has 0 spiro atoms. The third-order valence-electron chi connectivity index (χ3n) is 2.90. The summed E-state index contributed by atoms with van der Waals surface area (Å²) in [6, 6.07) is 6.64. The minimum Gasteiger partial charge on any atom is -0.396 e. The molecular weight excluding hydrogens is 254 g/mol. The van der Waals surface area contributed by atoms with Gasteiger partial charge in [0.05, 0.1) is 0 Å². The van der Waals surface area contributed by atoms with E-state index in [1.165, 1.54) is 16.0 Å². The molecule has 2 N–H and O–H groups in total. The Labute approximate surface area is 122 Å². The monoisotopic (exact) mass is 281 g/mol. The third kappa shape index (κ3) is 6.46. The fourth-order valence-corrected chi connectivity index (χ4v) is 2.66.